The molecule has 202 valence electrons. The van der Waals surface area contributed by atoms with Crippen LogP contribution >= 0.6 is 0 Å². The summed E-state index contributed by atoms with van der Waals surface area (Å²) < 4.78 is 0. The highest BCUT2D eigenvalue weighted by Gasteiger charge is 2.34. The third-order valence-electron chi connectivity index (χ3n) is 5.74. The van der Waals surface area contributed by atoms with Gasteiger partial charge < -0.3 is 0 Å². The Balaban J connectivity index is 2.23. The van der Waals surface area contributed by atoms with Gasteiger partial charge in [0.05, 0.1) is 5.92 Å². The van der Waals surface area contributed by atoms with Crippen molar-refractivity contribution in [2.45, 2.75) is 130 Å². The molecule has 1 aliphatic rings. The monoisotopic (exact) mass is 494 g/mol. The first-order valence-corrected chi connectivity index (χ1v) is 13.5. The molecule has 6 nitrogen and oxygen atoms in total. The Morgan fingerprint density at radius 3 is 2.14 bits per heavy atom. The van der Waals surface area contributed by atoms with Crippen molar-refractivity contribution in [2.75, 3.05) is 0 Å². The minimum Gasteiger partial charge on any atom is -0.298 e. The lowest BCUT2D eigenvalue weighted by atomic mass is 9.76. The highest BCUT2D eigenvalue weighted by molar-refractivity contribution is 5.72. The first-order chi connectivity index (χ1) is 16.4. The van der Waals surface area contributed by atoms with Gasteiger partial charge in [-0.15, -0.1) is 0 Å². The molecule has 0 aromatic rings. The second kappa shape index (κ2) is 16.2. The smallest absolute Gasteiger partial charge is 0.298 e. The highest BCUT2D eigenvalue weighted by atomic mass is 17.2. The highest BCUT2D eigenvalue weighted by Crippen LogP contribution is 2.34. The average Bonchev–Trinajstić information content (AvgIpc) is 2.77. The van der Waals surface area contributed by atoms with E-state index in [2.05, 4.69) is 31.2 Å². The summed E-state index contributed by atoms with van der Waals surface area (Å²) in [6.45, 7) is 13.3. The molecule has 0 heterocycles. The molecule has 3 atom stereocenters. The molecule has 0 aromatic carbocycles. The average molecular weight is 495 g/mol. The lowest BCUT2D eigenvalue weighted by molar-refractivity contribution is -0.324. The first kappa shape index (κ1) is 31.4. The van der Waals surface area contributed by atoms with E-state index < -0.39 is 11.2 Å². The maximum atomic E-state index is 12.7. The predicted molar refractivity (Wildman–Crippen MR) is 139 cm³/mol. The molecule has 0 radical (unpaired) electrons. The summed E-state index contributed by atoms with van der Waals surface area (Å²) in [7, 11) is 0. The molecule has 0 N–H and O–H groups in total. The van der Waals surface area contributed by atoms with Gasteiger partial charge in [0.2, 0.25) is 0 Å². The van der Waals surface area contributed by atoms with Crippen molar-refractivity contribution in [1.82, 2.24) is 0 Å². The van der Waals surface area contributed by atoms with Crippen LogP contribution in [0.25, 0.3) is 0 Å². The van der Waals surface area contributed by atoms with E-state index in [9.17, 15) is 9.59 Å². The molecule has 0 saturated carbocycles. The van der Waals surface area contributed by atoms with E-state index in [-0.39, 0.29) is 23.8 Å². The van der Waals surface area contributed by atoms with Crippen LogP contribution in [0.2, 0.25) is 0 Å². The van der Waals surface area contributed by atoms with Crippen LogP contribution in [0, 0.1) is 17.8 Å². The van der Waals surface area contributed by atoms with E-state index in [0.29, 0.717) is 12.3 Å². The SMILES string of the molecule is CCCC1C=CC(C/C=C/CCCCCCCC(=O)OOC(C)(C)C)CC1C(=O)OOC(C)(C)C. The molecule has 3 unspecified atom stereocenters. The van der Waals surface area contributed by atoms with Crippen molar-refractivity contribution >= 4 is 11.9 Å². The summed E-state index contributed by atoms with van der Waals surface area (Å²) in [6, 6.07) is 0. The van der Waals surface area contributed by atoms with Crippen LogP contribution in [0.3, 0.4) is 0 Å². The topological polar surface area (TPSA) is 71.1 Å². The Morgan fingerprint density at radius 2 is 1.49 bits per heavy atom. The van der Waals surface area contributed by atoms with Gasteiger partial charge in [0.1, 0.15) is 11.2 Å². The van der Waals surface area contributed by atoms with Gasteiger partial charge in [0, 0.05) is 6.42 Å². The third-order valence-corrected chi connectivity index (χ3v) is 5.74. The lowest BCUT2D eigenvalue weighted by Gasteiger charge is -2.30. The fourth-order valence-electron chi connectivity index (χ4n) is 3.98. The Morgan fingerprint density at radius 1 is 0.857 bits per heavy atom. The molecule has 1 aliphatic carbocycles. The van der Waals surface area contributed by atoms with E-state index in [1.807, 2.05) is 41.5 Å². The number of carbonyl (C=O) groups excluding carboxylic acids is 2. The maximum Gasteiger partial charge on any atom is 0.346 e. The van der Waals surface area contributed by atoms with Crippen LogP contribution in [-0.2, 0) is 29.1 Å². The third kappa shape index (κ3) is 15.8. The van der Waals surface area contributed by atoms with E-state index >= 15 is 0 Å². The zero-order chi connectivity index (χ0) is 26.3. The summed E-state index contributed by atoms with van der Waals surface area (Å²) in [5, 5.41) is 0. The van der Waals surface area contributed by atoms with Gasteiger partial charge in [0.25, 0.3) is 0 Å². The Bertz CT molecular complexity index is 668. The minimum absolute atomic E-state index is 0.141. The number of allylic oxidation sites excluding steroid dienone is 4. The number of hydrogen-bond donors (Lipinski definition) is 0. The van der Waals surface area contributed by atoms with Gasteiger partial charge in [-0.1, -0.05) is 56.9 Å². The van der Waals surface area contributed by atoms with Crippen LogP contribution in [0.15, 0.2) is 24.3 Å². The Labute approximate surface area is 213 Å². The molecule has 0 fully saturated rings. The molecular weight excluding hydrogens is 444 g/mol. The molecule has 1 rings (SSSR count). The van der Waals surface area contributed by atoms with Crippen molar-refractivity contribution in [3.63, 3.8) is 0 Å². The van der Waals surface area contributed by atoms with E-state index in [4.69, 9.17) is 19.6 Å². The van der Waals surface area contributed by atoms with Crippen molar-refractivity contribution in [1.29, 1.82) is 0 Å². The molecule has 0 bridgehead atoms. The minimum atomic E-state index is -0.505. The molecule has 0 aromatic heterocycles. The van der Waals surface area contributed by atoms with Gasteiger partial charge in [-0.05, 0) is 91.9 Å². The van der Waals surface area contributed by atoms with Gasteiger partial charge in [-0.25, -0.2) is 9.59 Å². The summed E-state index contributed by atoms with van der Waals surface area (Å²) in [5.41, 5.74) is -0.974. The van der Waals surface area contributed by atoms with Gasteiger partial charge in [-0.2, -0.15) is 9.78 Å². The van der Waals surface area contributed by atoms with Crippen molar-refractivity contribution in [3.8, 4) is 0 Å². The quantitative estimate of drug-likeness (QED) is 0.1000. The second-order valence-electron chi connectivity index (χ2n) is 11.7. The number of rotatable bonds is 15. The maximum absolute atomic E-state index is 12.7. The normalized spacial score (nSPS) is 20.8. The fourth-order valence-corrected chi connectivity index (χ4v) is 3.98. The van der Waals surface area contributed by atoms with Gasteiger partial charge in [-0.3, -0.25) is 9.78 Å². The first-order valence-electron chi connectivity index (χ1n) is 13.5. The zero-order valence-electron chi connectivity index (χ0n) is 23.3. The van der Waals surface area contributed by atoms with Crippen LogP contribution in [0.4, 0.5) is 0 Å². The van der Waals surface area contributed by atoms with Crippen molar-refractivity contribution in [2.24, 2.45) is 17.8 Å². The molecule has 0 aliphatic heterocycles. The van der Waals surface area contributed by atoms with Gasteiger partial charge >= 0.3 is 11.9 Å². The van der Waals surface area contributed by atoms with Crippen LogP contribution in [-0.4, -0.2) is 23.1 Å². The number of hydrogen-bond acceptors (Lipinski definition) is 6. The van der Waals surface area contributed by atoms with Crippen LogP contribution < -0.4 is 0 Å². The summed E-state index contributed by atoms with van der Waals surface area (Å²) in [4.78, 5) is 44.6. The molecule has 6 heteroatoms. The summed E-state index contributed by atoms with van der Waals surface area (Å²) in [5.74, 6) is -0.0969. The molecule has 0 saturated heterocycles. The number of carbonyl (C=O) groups is 2. The van der Waals surface area contributed by atoms with Gasteiger partial charge in [0.15, 0.2) is 0 Å². The van der Waals surface area contributed by atoms with Crippen LogP contribution in [0.1, 0.15) is 119 Å². The summed E-state index contributed by atoms with van der Waals surface area (Å²) in [6.07, 6.45) is 19.5. The lowest BCUT2D eigenvalue weighted by Crippen LogP contribution is -2.32. The van der Waals surface area contributed by atoms with E-state index in [0.717, 1.165) is 64.2 Å². The second-order valence-corrected chi connectivity index (χ2v) is 11.7. The molecule has 35 heavy (non-hydrogen) atoms. The summed E-state index contributed by atoms with van der Waals surface area (Å²) >= 11 is 0. The molecular formula is C29H50O6. The van der Waals surface area contributed by atoms with E-state index in [1.54, 1.807) is 0 Å². The molecule has 0 spiro atoms. The Kier molecular flexibility index (Phi) is 14.5. The molecule has 0 amide bonds. The Hall–Kier alpha value is -1.66. The van der Waals surface area contributed by atoms with Crippen LogP contribution in [0.5, 0.6) is 0 Å². The van der Waals surface area contributed by atoms with Crippen molar-refractivity contribution < 1.29 is 29.1 Å². The largest absolute Gasteiger partial charge is 0.346 e. The van der Waals surface area contributed by atoms with Crippen molar-refractivity contribution in [3.05, 3.63) is 24.3 Å². The van der Waals surface area contributed by atoms with E-state index in [1.165, 1.54) is 0 Å². The zero-order valence-corrected chi connectivity index (χ0v) is 23.3. The number of unbranched alkanes of at least 4 members (excludes halogenated alkanes) is 5. The predicted octanol–water partition coefficient (Wildman–Crippen LogP) is 7.82. The fraction of sp³-hybridized carbons (Fsp3) is 0.793. The standard InChI is InChI=1S/C29H50O6/c1-8-17-24-21-20-23(22-25(24)27(31)33-35-29(5,6)7)18-15-13-11-9-10-12-14-16-19-26(30)32-34-28(2,3)4/h13,15,20-21,23-25H,8-12,14,16-19,22H2,1-7H3/b15-13+.